The second-order valence-corrected chi connectivity index (χ2v) is 4.56. The number of hydrogen-bond acceptors (Lipinski definition) is 4. The number of likely N-dealkylation sites (N-methyl/N-ethyl adjacent to an activating group) is 1. The van der Waals surface area contributed by atoms with E-state index in [0.29, 0.717) is 13.2 Å². The lowest BCUT2D eigenvalue weighted by Crippen LogP contribution is -2.44. The van der Waals surface area contributed by atoms with Crippen LogP contribution in [0.2, 0.25) is 0 Å². The van der Waals surface area contributed by atoms with Gasteiger partial charge in [-0.15, -0.1) is 0 Å². The molecule has 2 unspecified atom stereocenters. The number of hydrogen-bond donors (Lipinski definition) is 2. The quantitative estimate of drug-likeness (QED) is 0.569. The molecule has 0 fully saturated rings. The Balaban J connectivity index is 3.78. The van der Waals surface area contributed by atoms with Crippen molar-refractivity contribution in [3.8, 4) is 0 Å². The SMILES string of the molecule is COCCCNC(=O)C(C)N(C)CCC(C)N. The van der Waals surface area contributed by atoms with E-state index < -0.39 is 0 Å². The first-order chi connectivity index (χ1) is 7.99. The normalized spacial score (nSPS) is 14.7. The molecule has 0 bridgehead atoms. The predicted octanol–water partition coefficient (Wildman–Crippen LogP) is 0.197. The van der Waals surface area contributed by atoms with Crippen LogP contribution >= 0.6 is 0 Å². The Kier molecular flexibility index (Phi) is 9.03. The number of methoxy groups -OCH3 is 1. The smallest absolute Gasteiger partial charge is 0.237 e. The number of nitrogens with zero attached hydrogens (tertiary/aromatic N) is 1. The van der Waals surface area contributed by atoms with Crippen LogP contribution in [0.1, 0.15) is 26.7 Å². The van der Waals surface area contributed by atoms with E-state index in [1.807, 2.05) is 25.8 Å². The predicted molar refractivity (Wildman–Crippen MR) is 69.9 cm³/mol. The zero-order chi connectivity index (χ0) is 13.3. The highest BCUT2D eigenvalue weighted by Gasteiger charge is 2.17. The van der Waals surface area contributed by atoms with Gasteiger partial charge in [0.05, 0.1) is 6.04 Å². The third kappa shape index (κ3) is 8.12. The zero-order valence-electron chi connectivity index (χ0n) is 11.5. The lowest BCUT2D eigenvalue weighted by Gasteiger charge is -2.24. The van der Waals surface area contributed by atoms with Crippen molar-refractivity contribution in [2.45, 2.75) is 38.8 Å². The van der Waals surface area contributed by atoms with Crippen LogP contribution in [0.3, 0.4) is 0 Å². The first kappa shape index (κ1) is 16.4. The number of amides is 1. The molecule has 0 rings (SSSR count). The second-order valence-electron chi connectivity index (χ2n) is 4.56. The van der Waals surface area contributed by atoms with Crippen LogP contribution in [0.5, 0.6) is 0 Å². The lowest BCUT2D eigenvalue weighted by atomic mass is 10.2. The van der Waals surface area contributed by atoms with E-state index in [-0.39, 0.29) is 18.0 Å². The van der Waals surface area contributed by atoms with Gasteiger partial charge in [0.1, 0.15) is 0 Å². The molecule has 0 heterocycles. The molecule has 0 aromatic rings. The summed E-state index contributed by atoms with van der Waals surface area (Å²) in [5, 5.41) is 2.89. The topological polar surface area (TPSA) is 67.6 Å². The Morgan fingerprint density at radius 2 is 2.12 bits per heavy atom. The van der Waals surface area contributed by atoms with E-state index in [4.69, 9.17) is 10.5 Å². The highest BCUT2D eigenvalue weighted by molar-refractivity contribution is 5.81. The third-order valence-corrected chi connectivity index (χ3v) is 2.80. The maximum atomic E-state index is 11.8. The highest BCUT2D eigenvalue weighted by Crippen LogP contribution is 1.99. The molecule has 0 aromatic heterocycles. The summed E-state index contributed by atoms with van der Waals surface area (Å²) >= 11 is 0. The van der Waals surface area contributed by atoms with E-state index in [1.54, 1.807) is 7.11 Å². The fourth-order valence-corrected chi connectivity index (χ4v) is 1.38. The molecule has 0 spiro atoms. The van der Waals surface area contributed by atoms with Gasteiger partial charge >= 0.3 is 0 Å². The van der Waals surface area contributed by atoms with Crippen LogP contribution in [0.25, 0.3) is 0 Å². The van der Waals surface area contributed by atoms with Gasteiger partial charge in [-0.2, -0.15) is 0 Å². The largest absolute Gasteiger partial charge is 0.385 e. The van der Waals surface area contributed by atoms with Crippen LogP contribution < -0.4 is 11.1 Å². The van der Waals surface area contributed by atoms with Crippen LogP contribution in [0.4, 0.5) is 0 Å². The van der Waals surface area contributed by atoms with Crippen LogP contribution in [0.15, 0.2) is 0 Å². The van der Waals surface area contributed by atoms with E-state index in [2.05, 4.69) is 5.32 Å². The van der Waals surface area contributed by atoms with Crippen molar-refractivity contribution in [1.82, 2.24) is 10.2 Å². The molecule has 102 valence electrons. The lowest BCUT2D eigenvalue weighted by molar-refractivity contribution is -0.125. The monoisotopic (exact) mass is 245 g/mol. The van der Waals surface area contributed by atoms with Crippen LogP contribution in [-0.4, -0.2) is 56.7 Å². The zero-order valence-corrected chi connectivity index (χ0v) is 11.5. The molecule has 1 amide bonds. The summed E-state index contributed by atoms with van der Waals surface area (Å²) in [5.41, 5.74) is 5.69. The summed E-state index contributed by atoms with van der Waals surface area (Å²) < 4.78 is 4.92. The molecular weight excluding hydrogens is 218 g/mol. The van der Waals surface area contributed by atoms with E-state index in [1.165, 1.54) is 0 Å². The van der Waals surface area contributed by atoms with Gasteiger partial charge in [0.15, 0.2) is 0 Å². The molecule has 0 saturated heterocycles. The fourth-order valence-electron chi connectivity index (χ4n) is 1.38. The van der Waals surface area contributed by atoms with E-state index >= 15 is 0 Å². The van der Waals surface area contributed by atoms with Crippen molar-refractivity contribution in [2.75, 3.05) is 33.9 Å². The average molecular weight is 245 g/mol. The van der Waals surface area contributed by atoms with Crippen molar-refractivity contribution in [3.05, 3.63) is 0 Å². The Labute approximate surface area is 105 Å². The number of carbonyl (C=O) groups is 1. The maximum absolute atomic E-state index is 11.8. The molecule has 17 heavy (non-hydrogen) atoms. The van der Waals surface area contributed by atoms with E-state index in [0.717, 1.165) is 19.4 Å². The molecule has 0 radical (unpaired) electrons. The maximum Gasteiger partial charge on any atom is 0.237 e. The third-order valence-electron chi connectivity index (χ3n) is 2.80. The first-order valence-corrected chi connectivity index (χ1v) is 6.21. The number of rotatable bonds is 9. The minimum Gasteiger partial charge on any atom is -0.385 e. The van der Waals surface area contributed by atoms with Gasteiger partial charge in [-0.3, -0.25) is 9.69 Å². The summed E-state index contributed by atoms with van der Waals surface area (Å²) in [6.07, 6.45) is 1.75. The van der Waals surface area contributed by atoms with Crippen molar-refractivity contribution >= 4 is 5.91 Å². The highest BCUT2D eigenvalue weighted by atomic mass is 16.5. The van der Waals surface area contributed by atoms with Gasteiger partial charge in [-0.25, -0.2) is 0 Å². The van der Waals surface area contributed by atoms with Crippen molar-refractivity contribution in [3.63, 3.8) is 0 Å². The van der Waals surface area contributed by atoms with Crippen LogP contribution in [-0.2, 0) is 9.53 Å². The molecule has 0 aliphatic carbocycles. The Morgan fingerprint density at radius 3 is 2.65 bits per heavy atom. The standard InChI is InChI=1S/C12H27N3O2/c1-10(13)6-8-15(3)11(2)12(16)14-7-5-9-17-4/h10-11H,5-9,13H2,1-4H3,(H,14,16). The molecular formula is C12H27N3O2. The number of carbonyl (C=O) groups excluding carboxylic acids is 1. The van der Waals surface area contributed by atoms with Crippen molar-refractivity contribution < 1.29 is 9.53 Å². The molecule has 5 nitrogen and oxygen atoms in total. The van der Waals surface area contributed by atoms with Gasteiger partial charge < -0.3 is 15.8 Å². The average Bonchev–Trinajstić information content (AvgIpc) is 2.30. The van der Waals surface area contributed by atoms with E-state index in [9.17, 15) is 4.79 Å². The summed E-state index contributed by atoms with van der Waals surface area (Å²) in [6.45, 7) is 6.06. The molecule has 0 aliphatic rings. The summed E-state index contributed by atoms with van der Waals surface area (Å²) in [6, 6.07) is 0.0608. The van der Waals surface area contributed by atoms with Gasteiger partial charge in [-0.05, 0) is 33.7 Å². The minimum absolute atomic E-state index is 0.0632. The Hall–Kier alpha value is -0.650. The van der Waals surface area contributed by atoms with Gasteiger partial charge in [-0.1, -0.05) is 0 Å². The van der Waals surface area contributed by atoms with Gasteiger partial charge in [0, 0.05) is 32.8 Å². The second kappa shape index (κ2) is 9.39. The molecule has 2 atom stereocenters. The first-order valence-electron chi connectivity index (χ1n) is 6.21. The number of nitrogens with two attached hydrogens (primary N) is 1. The molecule has 3 N–H and O–H groups in total. The summed E-state index contributed by atoms with van der Waals surface area (Å²) in [7, 11) is 3.61. The van der Waals surface area contributed by atoms with Gasteiger partial charge in [0.25, 0.3) is 0 Å². The summed E-state index contributed by atoms with van der Waals surface area (Å²) in [4.78, 5) is 13.8. The fraction of sp³-hybridized carbons (Fsp3) is 0.917. The minimum atomic E-state index is -0.115. The Bertz CT molecular complexity index is 210. The molecule has 0 saturated carbocycles. The molecule has 0 aromatic carbocycles. The Morgan fingerprint density at radius 1 is 1.47 bits per heavy atom. The van der Waals surface area contributed by atoms with Crippen molar-refractivity contribution in [2.24, 2.45) is 5.73 Å². The number of ether oxygens (including phenoxy) is 1. The molecule has 5 heteroatoms. The van der Waals surface area contributed by atoms with Gasteiger partial charge in [0.2, 0.25) is 5.91 Å². The van der Waals surface area contributed by atoms with Crippen molar-refractivity contribution in [1.29, 1.82) is 0 Å². The number of nitrogens with one attached hydrogen (secondary N) is 1. The summed E-state index contributed by atoms with van der Waals surface area (Å²) in [5.74, 6) is 0.0632. The molecule has 0 aliphatic heterocycles. The van der Waals surface area contributed by atoms with Crippen LogP contribution in [0, 0.1) is 0 Å².